The van der Waals surface area contributed by atoms with Crippen LogP contribution in [-0.2, 0) is 0 Å². The Morgan fingerprint density at radius 2 is 2.22 bits per heavy atom. The lowest BCUT2D eigenvalue weighted by atomic mass is 10.0. The summed E-state index contributed by atoms with van der Waals surface area (Å²) in [6.45, 7) is 4.19. The first-order valence-electron chi connectivity index (χ1n) is 6.48. The molecule has 0 bridgehead atoms. The number of benzene rings is 1. The Hall–Kier alpha value is -1.84. The summed E-state index contributed by atoms with van der Waals surface area (Å²) in [5.74, 6) is 1.38. The topological polar surface area (TPSA) is 49.0 Å². The molecule has 1 aliphatic rings. The maximum atomic E-state index is 12.0. The van der Waals surface area contributed by atoms with E-state index in [9.17, 15) is 4.79 Å². The maximum Gasteiger partial charge on any atom is 0.260 e. The van der Waals surface area contributed by atoms with Gasteiger partial charge in [-0.3, -0.25) is 9.78 Å². The molecule has 0 amide bonds. The van der Waals surface area contributed by atoms with E-state index in [4.69, 9.17) is 0 Å². The van der Waals surface area contributed by atoms with E-state index in [0.717, 1.165) is 25.0 Å². The van der Waals surface area contributed by atoms with Crippen LogP contribution in [0.2, 0.25) is 0 Å². The first-order chi connectivity index (χ1) is 8.74. The Balaban J connectivity index is 2.04. The lowest BCUT2D eigenvalue weighted by Gasteiger charge is -2.31. The minimum atomic E-state index is -0.0474. The van der Waals surface area contributed by atoms with Crippen molar-refractivity contribution in [2.75, 3.05) is 18.0 Å². The number of aromatic nitrogens is 2. The summed E-state index contributed by atoms with van der Waals surface area (Å²) >= 11 is 0. The van der Waals surface area contributed by atoms with Gasteiger partial charge in [-0.15, -0.1) is 0 Å². The van der Waals surface area contributed by atoms with Gasteiger partial charge in [0, 0.05) is 13.1 Å². The first kappa shape index (κ1) is 11.3. The average molecular weight is 243 g/mol. The molecule has 3 rings (SSSR count). The van der Waals surface area contributed by atoms with Crippen molar-refractivity contribution in [2.24, 2.45) is 5.92 Å². The fourth-order valence-electron chi connectivity index (χ4n) is 2.61. The molecule has 1 saturated heterocycles. The van der Waals surface area contributed by atoms with E-state index in [-0.39, 0.29) is 5.56 Å². The van der Waals surface area contributed by atoms with Crippen LogP contribution in [0.4, 0.5) is 5.95 Å². The molecule has 0 spiro atoms. The third-order valence-electron chi connectivity index (χ3n) is 3.56. The Labute approximate surface area is 106 Å². The number of rotatable bonds is 1. The third-order valence-corrected chi connectivity index (χ3v) is 3.56. The number of piperidine rings is 1. The Bertz CT molecular complexity index is 620. The molecule has 1 aliphatic heterocycles. The van der Waals surface area contributed by atoms with Gasteiger partial charge in [0.2, 0.25) is 5.95 Å². The quantitative estimate of drug-likeness (QED) is 0.835. The molecule has 1 atom stereocenters. The molecular formula is C14H17N3O. The predicted molar refractivity (Wildman–Crippen MR) is 73.0 cm³/mol. The van der Waals surface area contributed by atoms with Crippen molar-refractivity contribution in [3.63, 3.8) is 0 Å². The minimum absolute atomic E-state index is 0.0474. The van der Waals surface area contributed by atoms with Crippen molar-refractivity contribution in [1.29, 1.82) is 0 Å². The van der Waals surface area contributed by atoms with E-state index in [2.05, 4.69) is 21.8 Å². The van der Waals surface area contributed by atoms with E-state index in [1.54, 1.807) is 0 Å². The molecule has 2 heterocycles. The summed E-state index contributed by atoms with van der Waals surface area (Å²) in [6, 6.07) is 7.48. The standard InChI is InChI=1S/C14H17N3O/c1-10-5-4-8-17(9-10)14-15-12-7-3-2-6-11(12)13(18)16-14/h2-3,6-7,10H,4-5,8-9H2,1H3,(H,15,16,18). The molecule has 18 heavy (non-hydrogen) atoms. The van der Waals surface area contributed by atoms with E-state index in [1.165, 1.54) is 6.42 Å². The number of nitrogens with zero attached hydrogens (tertiary/aromatic N) is 2. The molecule has 1 aromatic carbocycles. The van der Waals surface area contributed by atoms with Crippen molar-refractivity contribution in [1.82, 2.24) is 9.97 Å². The molecule has 1 N–H and O–H groups in total. The van der Waals surface area contributed by atoms with Crippen LogP contribution in [0.1, 0.15) is 19.8 Å². The second-order valence-corrected chi connectivity index (χ2v) is 5.10. The predicted octanol–water partition coefficient (Wildman–Crippen LogP) is 2.16. The highest BCUT2D eigenvalue weighted by Gasteiger charge is 2.18. The highest BCUT2D eigenvalue weighted by atomic mass is 16.1. The molecule has 1 unspecified atom stereocenters. The average Bonchev–Trinajstić information content (AvgIpc) is 2.39. The number of para-hydroxylation sites is 1. The van der Waals surface area contributed by atoms with Gasteiger partial charge in [-0.25, -0.2) is 4.98 Å². The van der Waals surface area contributed by atoms with Gasteiger partial charge in [-0.05, 0) is 30.9 Å². The molecule has 0 aliphatic carbocycles. The summed E-state index contributed by atoms with van der Waals surface area (Å²) in [6.07, 6.45) is 2.42. The molecule has 0 radical (unpaired) electrons. The SMILES string of the molecule is CC1CCCN(c2nc3ccccc3c(=O)[nH]2)C1. The number of H-pyrrole nitrogens is 1. The van der Waals surface area contributed by atoms with Crippen LogP contribution in [0.25, 0.3) is 10.9 Å². The van der Waals surface area contributed by atoms with Crippen molar-refractivity contribution >= 4 is 16.9 Å². The summed E-state index contributed by atoms with van der Waals surface area (Å²) in [5.41, 5.74) is 0.725. The van der Waals surface area contributed by atoms with Crippen molar-refractivity contribution < 1.29 is 0 Å². The third kappa shape index (κ3) is 1.98. The summed E-state index contributed by atoms with van der Waals surface area (Å²) in [4.78, 5) is 21.6. The van der Waals surface area contributed by atoms with Crippen LogP contribution >= 0.6 is 0 Å². The zero-order valence-electron chi connectivity index (χ0n) is 10.5. The largest absolute Gasteiger partial charge is 0.342 e. The van der Waals surface area contributed by atoms with Gasteiger partial charge >= 0.3 is 0 Å². The number of hydrogen-bond donors (Lipinski definition) is 1. The van der Waals surface area contributed by atoms with Gasteiger partial charge in [0.1, 0.15) is 0 Å². The van der Waals surface area contributed by atoms with Crippen LogP contribution in [0, 0.1) is 5.92 Å². The Kier molecular flexibility index (Phi) is 2.78. The van der Waals surface area contributed by atoms with E-state index < -0.39 is 0 Å². The Morgan fingerprint density at radius 1 is 1.39 bits per heavy atom. The summed E-state index contributed by atoms with van der Waals surface area (Å²) in [7, 11) is 0. The summed E-state index contributed by atoms with van der Waals surface area (Å²) < 4.78 is 0. The van der Waals surface area contributed by atoms with E-state index in [0.29, 0.717) is 17.3 Å². The molecule has 1 fully saturated rings. The van der Waals surface area contributed by atoms with Gasteiger partial charge in [0.05, 0.1) is 10.9 Å². The number of anilines is 1. The van der Waals surface area contributed by atoms with Crippen molar-refractivity contribution in [3.05, 3.63) is 34.6 Å². The monoisotopic (exact) mass is 243 g/mol. The Morgan fingerprint density at radius 3 is 3.06 bits per heavy atom. The molecule has 1 aromatic heterocycles. The smallest absolute Gasteiger partial charge is 0.260 e. The molecule has 2 aromatic rings. The zero-order valence-corrected chi connectivity index (χ0v) is 10.5. The van der Waals surface area contributed by atoms with Gasteiger partial charge in [0.25, 0.3) is 5.56 Å². The highest BCUT2D eigenvalue weighted by Crippen LogP contribution is 2.20. The molecular weight excluding hydrogens is 226 g/mol. The number of hydrogen-bond acceptors (Lipinski definition) is 3. The van der Waals surface area contributed by atoms with Gasteiger partial charge < -0.3 is 4.90 Å². The minimum Gasteiger partial charge on any atom is -0.342 e. The van der Waals surface area contributed by atoms with E-state index >= 15 is 0 Å². The van der Waals surface area contributed by atoms with Crippen LogP contribution in [0.3, 0.4) is 0 Å². The van der Waals surface area contributed by atoms with Crippen LogP contribution in [0.15, 0.2) is 29.1 Å². The fourth-order valence-corrected chi connectivity index (χ4v) is 2.61. The van der Waals surface area contributed by atoms with E-state index in [1.807, 2.05) is 24.3 Å². The summed E-state index contributed by atoms with van der Waals surface area (Å²) in [5, 5.41) is 0.659. The number of fused-ring (bicyclic) bond motifs is 1. The van der Waals surface area contributed by atoms with Gasteiger partial charge in [0.15, 0.2) is 0 Å². The zero-order chi connectivity index (χ0) is 12.5. The molecule has 4 nitrogen and oxygen atoms in total. The second kappa shape index (κ2) is 4.44. The molecule has 94 valence electrons. The molecule has 4 heteroatoms. The van der Waals surface area contributed by atoms with Crippen LogP contribution in [0.5, 0.6) is 0 Å². The normalized spacial score (nSPS) is 20.3. The molecule has 0 saturated carbocycles. The van der Waals surface area contributed by atoms with Gasteiger partial charge in [-0.1, -0.05) is 19.1 Å². The second-order valence-electron chi connectivity index (χ2n) is 5.10. The van der Waals surface area contributed by atoms with Crippen molar-refractivity contribution in [2.45, 2.75) is 19.8 Å². The van der Waals surface area contributed by atoms with Crippen molar-refractivity contribution in [3.8, 4) is 0 Å². The first-order valence-corrected chi connectivity index (χ1v) is 6.48. The lowest BCUT2D eigenvalue weighted by Crippen LogP contribution is -2.36. The van der Waals surface area contributed by atoms with Crippen LogP contribution in [-0.4, -0.2) is 23.1 Å². The van der Waals surface area contributed by atoms with Crippen LogP contribution < -0.4 is 10.5 Å². The fraction of sp³-hybridized carbons (Fsp3) is 0.429. The number of aromatic amines is 1. The number of nitrogens with one attached hydrogen (secondary N) is 1. The van der Waals surface area contributed by atoms with Gasteiger partial charge in [-0.2, -0.15) is 0 Å². The lowest BCUT2D eigenvalue weighted by molar-refractivity contribution is 0.442. The maximum absolute atomic E-state index is 12.0. The highest BCUT2D eigenvalue weighted by molar-refractivity contribution is 5.78.